The van der Waals surface area contributed by atoms with Gasteiger partial charge in [-0.05, 0) is 24.5 Å². The summed E-state index contributed by atoms with van der Waals surface area (Å²) in [6.07, 6.45) is 3.69. The molecule has 28 heavy (non-hydrogen) atoms. The molecule has 3 aromatic heterocycles. The van der Waals surface area contributed by atoms with E-state index in [0.717, 1.165) is 33.5 Å². The van der Waals surface area contributed by atoms with Crippen LogP contribution in [0.25, 0.3) is 16.6 Å². The third-order valence-electron chi connectivity index (χ3n) is 4.28. The third-order valence-corrected chi connectivity index (χ3v) is 4.28. The molecule has 3 heterocycles. The monoisotopic (exact) mass is 396 g/mol. The largest absolute Gasteiger partial charge is 0.350 e. The molecule has 4 rings (SSSR count). The minimum Gasteiger partial charge on any atom is -0.350 e. The molecule has 8 nitrogen and oxygen atoms in total. The molecule has 0 bridgehead atoms. The fraction of sp³-hybridized carbons (Fsp3) is 0.263. The van der Waals surface area contributed by atoms with E-state index in [-0.39, 0.29) is 0 Å². The summed E-state index contributed by atoms with van der Waals surface area (Å²) in [6.45, 7) is 6.81. The van der Waals surface area contributed by atoms with E-state index >= 15 is 0 Å². The highest BCUT2D eigenvalue weighted by molar-refractivity contribution is 7.51. The van der Waals surface area contributed by atoms with E-state index in [2.05, 4.69) is 57.4 Å². The molecular weight excluding hydrogens is 376 g/mol. The summed E-state index contributed by atoms with van der Waals surface area (Å²) in [5.41, 5.74) is 4.11. The quantitative estimate of drug-likeness (QED) is 0.565. The Hall–Kier alpha value is -3.20. The Morgan fingerprint density at radius 2 is 1.89 bits per heavy atom. The van der Waals surface area contributed by atoms with Gasteiger partial charge in [-0.25, -0.2) is 4.98 Å². The number of fused-ring (bicyclic) bond motifs is 2. The normalized spacial score (nSPS) is 10.7. The lowest BCUT2D eigenvalue weighted by atomic mass is 10.1. The second-order valence-electron chi connectivity index (χ2n) is 6.50. The summed E-state index contributed by atoms with van der Waals surface area (Å²) in [7, 11) is 0. The molecule has 0 atom stereocenters. The Balaban J connectivity index is 0.000000706. The highest BCUT2D eigenvalue weighted by Crippen LogP contribution is 2.22. The van der Waals surface area contributed by atoms with Gasteiger partial charge < -0.3 is 5.32 Å². The topological polar surface area (TPSA) is 102 Å². The number of para-hydroxylation sites is 1. The highest BCUT2D eigenvalue weighted by Gasteiger charge is 2.14. The van der Waals surface area contributed by atoms with Crippen LogP contribution in [0.1, 0.15) is 36.7 Å². The Morgan fingerprint density at radius 1 is 1.14 bits per heavy atom. The van der Waals surface area contributed by atoms with Crippen molar-refractivity contribution in [3.05, 3.63) is 59.7 Å². The smallest absolute Gasteiger partial charge is 0.335 e. The predicted molar refractivity (Wildman–Crippen MR) is 108 cm³/mol. The van der Waals surface area contributed by atoms with Crippen LogP contribution >= 0.6 is 0 Å². The third kappa shape index (κ3) is 4.04. The standard InChI is InChI=1S/C19H20N6.O2S/c1-12(2)16-11-22-25-18(16)23-13(3)24-19(25)21-10-15-7-4-6-14-8-5-9-20-17(14)15;1-3-2/h4-9,11-12H,10H2,1-3H3,(H,21,23,24);. The summed E-state index contributed by atoms with van der Waals surface area (Å²) in [4.78, 5) is 13.6. The first-order valence-electron chi connectivity index (χ1n) is 8.75. The molecule has 0 saturated carbocycles. The summed E-state index contributed by atoms with van der Waals surface area (Å²) in [6, 6.07) is 10.2. The molecule has 0 fully saturated rings. The van der Waals surface area contributed by atoms with Crippen molar-refractivity contribution in [3.8, 4) is 0 Å². The zero-order chi connectivity index (χ0) is 20.1. The lowest BCUT2D eigenvalue weighted by Gasteiger charge is -2.10. The number of hydrogen-bond donors (Lipinski definition) is 1. The van der Waals surface area contributed by atoms with Crippen LogP contribution in [-0.2, 0) is 18.1 Å². The second kappa shape index (κ2) is 8.66. The number of hydrogen-bond acceptors (Lipinski definition) is 7. The number of pyridine rings is 1. The molecule has 1 N–H and O–H groups in total. The molecule has 0 amide bonds. The van der Waals surface area contributed by atoms with Crippen LogP contribution in [0.5, 0.6) is 0 Å². The molecule has 9 heteroatoms. The van der Waals surface area contributed by atoms with E-state index in [1.165, 1.54) is 0 Å². The zero-order valence-electron chi connectivity index (χ0n) is 15.8. The van der Waals surface area contributed by atoms with Gasteiger partial charge in [-0.1, -0.05) is 38.1 Å². The van der Waals surface area contributed by atoms with E-state index < -0.39 is 11.6 Å². The predicted octanol–water partition coefficient (Wildman–Crippen LogP) is 3.05. The van der Waals surface area contributed by atoms with Crippen molar-refractivity contribution in [1.82, 2.24) is 24.6 Å². The van der Waals surface area contributed by atoms with E-state index in [1.54, 1.807) is 4.52 Å². The molecule has 144 valence electrons. The minimum atomic E-state index is -0.750. The number of anilines is 1. The van der Waals surface area contributed by atoms with Crippen molar-refractivity contribution < 1.29 is 8.42 Å². The van der Waals surface area contributed by atoms with Crippen LogP contribution in [0, 0.1) is 6.92 Å². The van der Waals surface area contributed by atoms with Gasteiger partial charge in [0.1, 0.15) is 5.82 Å². The lowest BCUT2D eigenvalue weighted by Crippen LogP contribution is -2.10. The van der Waals surface area contributed by atoms with E-state index in [0.29, 0.717) is 18.4 Å². The fourth-order valence-corrected chi connectivity index (χ4v) is 3.01. The molecule has 1 aromatic carbocycles. The minimum absolute atomic E-state index is 0.363. The van der Waals surface area contributed by atoms with E-state index in [1.807, 2.05) is 31.5 Å². The lowest BCUT2D eigenvalue weighted by molar-refractivity contribution is 0.630. The van der Waals surface area contributed by atoms with Gasteiger partial charge >= 0.3 is 11.6 Å². The van der Waals surface area contributed by atoms with Gasteiger partial charge in [-0.15, -0.1) is 0 Å². The van der Waals surface area contributed by atoms with Crippen molar-refractivity contribution in [2.24, 2.45) is 0 Å². The zero-order valence-corrected chi connectivity index (χ0v) is 16.6. The Kier molecular flexibility index (Phi) is 6.05. The molecule has 4 aromatic rings. The van der Waals surface area contributed by atoms with Crippen molar-refractivity contribution in [1.29, 1.82) is 0 Å². The molecular formula is C19H20N6O2S. The van der Waals surface area contributed by atoms with Gasteiger partial charge in [0.15, 0.2) is 5.65 Å². The van der Waals surface area contributed by atoms with E-state index in [4.69, 9.17) is 8.42 Å². The maximum atomic E-state index is 8.29. The Labute approximate surface area is 165 Å². The van der Waals surface area contributed by atoms with Crippen molar-refractivity contribution in [3.63, 3.8) is 0 Å². The summed E-state index contributed by atoms with van der Waals surface area (Å²) in [5, 5.41) is 9.00. The molecule has 0 unspecified atom stereocenters. The maximum absolute atomic E-state index is 8.29. The molecule has 0 aliphatic carbocycles. The van der Waals surface area contributed by atoms with Crippen LogP contribution in [0.4, 0.5) is 5.95 Å². The van der Waals surface area contributed by atoms with Crippen molar-refractivity contribution in [2.45, 2.75) is 33.2 Å². The number of aryl methyl sites for hydroxylation is 1. The van der Waals surface area contributed by atoms with Gasteiger partial charge in [0, 0.05) is 23.7 Å². The van der Waals surface area contributed by atoms with Gasteiger partial charge in [0.2, 0.25) is 5.95 Å². The van der Waals surface area contributed by atoms with Crippen LogP contribution in [-0.4, -0.2) is 33.0 Å². The molecule has 0 aliphatic rings. The first-order chi connectivity index (χ1) is 13.5. The molecule has 0 aliphatic heterocycles. The SMILES string of the molecule is Cc1nc(NCc2cccc3cccnc23)n2ncc(C(C)C)c2n1.O=S=O. The number of benzene rings is 1. The van der Waals surface area contributed by atoms with Crippen molar-refractivity contribution >= 4 is 34.1 Å². The molecule has 0 saturated heterocycles. The van der Waals surface area contributed by atoms with Crippen LogP contribution in [0.15, 0.2) is 42.7 Å². The number of aromatic nitrogens is 5. The van der Waals surface area contributed by atoms with Crippen molar-refractivity contribution in [2.75, 3.05) is 5.32 Å². The number of rotatable bonds is 4. The first-order valence-corrected chi connectivity index (χ1v) is 9.42. The fourth-order valence-electron chi connectivity index (χ4n) is 3.01. The number of nitrogens with one attached hydrogen (secondary N) is 1. The average Bonchev–Trinajstić information content (AvgIpc) is 3.11. The number of nitrogens with zero attached hydrogens (tertiary/aromatic N) is 5. The average molecular weight is 396 g/mol. The molecule has 0 spiro atoms. The van der Waals surface area contributed by atoms with Gasteiger partial charge in [-0.3, -0.25) is 4.98 Å². The van der Waals surface area contributed by atoms with Crippen LogP contribution < -0.4 is 5.32 Å². The first kappa shape index (κ1) is 19.6. The van der Waals surface area contributed by atoms with Gasteiger partial charge in [-0.2, -0.15) is 23.0 Å². The molecule has 0 radical (unpaired) electrons. The highest BCUT2D eigenvalue weighted by atomic mass is 32.1. The Bertz CT molecular complexity index is 1150. The summed E-state index contributed by atoms with van der Waals surface area (Å²) >= 11 is -0.750. The Morgan fingerprint density at radius 3 is 2.64 bits per heavy atom. The van der Waals surface area contributed by atoms with Gasteiger partial charge in [0.05, 0.1) is 11.7 Å². The van der Waals surface area contributed by atoms with Crippen LogP contribution in [0.3, 0.4) is 0 Å². The van der Waals surface area contributed by atoms with Crippen LogP contribution in [0.2, 0.25) is 0 Å². The van der Waals surface area contributed by atoms with E-state index in [9.17, 15) is 0 Å². The maximum Gasteiger partial charge on any atom is 0.335 e. The van der Waals surface area contributed by atoms with Gasteiger partial charge in [0.25, 0.3) is 0 Å². The summed E-state index contributed by atoms with van der Waals surface area (Å²) in [5.74, 6) is 1.79. The summed E-state index contributed by atoms with van der Waals surface area (Å²) < 4.78 is 18.4. The second-order valence-corrected chi connectivity index (χ2v) is 6.63.